The Bertz CT molecular complexity index is 1000. The van der Waals surface area contributed by atoms with E-state index in [1.165, 1.54) is 23.5 Å². The molecule has 1 N–H and O–H groups in total. The average Bonchev–Trinajstić information content (AvgIpc) is 2.74. The Labute approximate surface area is 181 Å². The SMILES string of the molecule is CC(C)Oc1ccc(NS(=O)(=O)CC(=O)N2CCN(C(=O)c3cnccn3)CC2)cc1. The van der Waals surface area contributed by atoms with Crippen molar-refractivity contribution in [2.24, 2.45) is 0 Å². The molecule has 1 aromatic heterocycles. The average molecular weight is 448 g/mol. The number of hydrogen-bond donors (Lipinski definition) is 1. The Kier molecular flexibility index (Phi) is 7.06. The Balaban J connectivity index is 1.51. The summed E-state index contributed by atoms with van der Waals surface area (Å²) in [5.74, 6) is -0.823. The Morgan fingerprint density at radius 2 is 1.71 bits per heavy atom. The summed E-state index contributed by atoms with van der Waals surface area (Å²) in [6.45, 7) is 4.89. The van der Waals surface area contributed by atoms with Crippen molar-refractivity contribution in [1.29, 1.82) is 0 Å². The number of nitrogens with zero attached hydrogens (tertiary/aromatic N) is 4. The third kappa shape index (κ3) is 6.38. The van der Waals surface area contributed by atoms with E-state index in [0.29, 0.717) is 24.5 Å². The maximum absolute atomic E-state index is 12.5. The van der Waals surface area contributed by atoms with Crippen molar-refractivity contribution in [3.8, 4) is 5.75 Å². The van der Waals surface area contributed by atoms with Gasteiger partial charge < -0.3 is 14.5 Å². The highest BCUT2D eigenvalue weighted by Gasteiger charge is 2.28. The summed E-state index contributed by atoms with van der Waals surface area (Å²) >= 11 is 0. The van der Waals surface area contributed by atoms with Crippen LogP contribution >= 0.6 is 0 Å². The normalized spacial score (nSPS) is 14.4. The lowest BCUT2D eigenvalue weighted by atomic mass is 10.3. The molecule has 11 heteroatoms. The van der Waals surface area contributed by atoms with Crippen molar-refractivity contribution >= 4 is 27.5 Å². The van der Waals surface area contributed by atoms with Crippen LogP contribution in [0.25, 0.3) is 0 Å². The van der Waals surface area contributed by atoms with Crippen LogP contribution in [-0.2, 0) is 14.8 Å². The molecule has 2 amide bonds. The van der Waals surface area contributed by atoms with Crippen LogP contribution in [0.15, 0.2) is 42.9 Å². The molecular formula is C20H25N5O5S. The molecule has 31 heavy (non-hydrogen) atoms. The van der Waals surface area contributed by atoms with E-state index in [0.717, 1.165) is 0 Å². The maximum Gasteiger partial charge on any atom is 0.274 e. The summed E-state index contributed by atoms with van der Waals surface area (Å²) in [7, 11) is -3.87. The molecule has 1 aliphatic rings. The van der Waals surface area contributed by atoms with Crippen molar-refractivity contribution in [3.05, 3.63) is 48.5 Å². The number of nitrogens with one attached hydrogen (secondary N) is 1. The van der Waals surface area contributed by atoms with Gasteiger partial charge in [0, 0.05) is 44.3 Å². The second-order valence-electron chi connectivity index (χ2n) is 7.32. The van der Waals surface area contributed by atoms with Crippen LogP contribution in [0.1, 0.15) is 24.3 Å². The minimum Gasteiger partial charge on any atom is -0.491 e. The maximum atomic E-state index is 12.5. The Morgan fingerprint density at radius 3 is 2.29 bits per heavy atom. The molecule has 0 radical (unpaired) electrons. The molecule has 3 rings (SSSR count). The van der Waals surface area contributed by atoms with Gasteiger partial charge in [-0.15, -0.1) is 0 Å². The number of hydrogen-bond acceptors (Lipinski definition) is 7. The molecular weight excluding hydrogens is 422 g/mol. The zero-order valence-corrected chi connectivity index (χ0v) is 18.2. The van der Waals surface area contributed by atoms with Crippen LogP contribution < -0.4 is 9.46 Å². The number of carbonyl (C=O) groups is 2. The van der Waals surface area contributed by atoms with Crippen molar-refractivity contribution in [3.63, 3.8) is 0 Å². The number of amides is 2. The molecule has 0 saturated carbocycles. The first kappa shape index (κ1) is 22.5. The van der Waals surface area contributed by atoms with E-state index in [4.69, 9.17) is 4.74 Å². The number of piperazine rings is 1. The number of ether oxygens (including phenoxy) is 1. The predicted octanol–water partition coefficient (Wildman–Crippen LogP) is 0.990. The number of benzene rings is 1. The van der Waals surface area contributed by atoms with Gasteiger partial charge >= 0.3 is 0 Å². The second kappa shape index (κ2) is 9.73. The molecule has 166 valence electrons. The van der Waals surface area contributed by atoms with E-state index in [1.807, 2.05) is 13.8 Å². The summed E-state index contributed by atoms with van der Waals surface area (Å²) < 4.78 is 32.7. The van der Waals surface area contributed by atoms with Crippen LogP contribution in [-0.4, -0.2) is 78.0 Å². The van der Waals surface area contributed by atoms with E-state index in [2.05, 4.69) is 14.7 Å². The lowest BCUT2D eigenvalue weighted by Gasteiger charge is -2.34. The fourth-order valence-corrected chi connectivity index (χ4v) is 4.15. The second-order valence-corrected chi connectivity index (χ2v) is 9.04. The molecule has 1 aliphatic heterocycles. The number of rotatable bonds is 7. The van der Waals surface area contributed by atoms with E-state index in [1.54, 1.807) is 29.2 Å². The molecule has 0 aliphatic carbocycles. The lowest BCUT2D eigenvalue weighted by Crippen LogP contribution is -2.52. The topological polar surface area (TPSA) is 122 Å². The summed E-state index contributed by atoms with van der Waals surface area (Å²) in [6.07, 6.45) is 4.32. The van der Waals surface area contributed by atoms with Crippen molar-refractivity contribution < 1.29 is 22.7 Å². The smallest absolute Gasteiger partial charge is 0.274 e. The third-order valence-electron chi connectivity index (χ3n) is 4.51. The van der Waals surface area contributed by atoms with Gasteiger partial charge in [0.25, 0.3) is 5.91 Å². The van der Waals surface area contributed by atoms with Crippen LogP contribution in [0, 0.1) is 0 Å². The highest BCUT2D eigenvalue weighted by molar-refractivity contribution is 7.93. The van der Waals surface area contributed by atoms with E-state index in [-0.39, 0.29) is 30.8 Å². The number of anilines is 1. The van der Waals surface area contributed by atoms with Crippen LogP contribution in [0.2, 0.25) is 0 Å². The molecule has 2 aromatic rings. The van der Waals surface area contributed by atoms with Gasteiger partial charge in [-0.3, -0.25) is 19.3 Å². The summed E-state index contributed by atoms with van der Waals surface area (Å²) in [5.41, 5.74) is 0.585. The molecule has 10 nitrogen and oxygen atoms in total. The number of carbonyl (C=O) groups excluding carboxylic acids is 2. The van der Waals surface area contributed by atoms with Gasteiger partial charge in [0.2, 0.25) is 15.9 Å². The molecule has 0 bridgehead atoms. The standard InChI is InChI=1S/C20H25N5O5S/c1-15(2)30-17-5-3-16(4-6-17)23-31(28,29)14-19(26)24-9-11-25(12-10-24)20(27)18-13-21-7-8-22-18/h3-8,13,15,23H,9-12,14H2,1-2H3. The van der Waals surface area contributed by atoms with E-state index >= 15 is 0 Å². The van der Waals surface area contributed by atoms with Crippen LogP contribution in [0.4, 0.5) is 5.69 Å². The molecule has 2 heterocycles. The van der Waals surface area contributed by atoms with Gasteiger partial charge in [-0.1, -0.05) is 0 Å². The highest BCUT2D eigenvalue weighted by Crippen LogP contribution is 2.18. The Hall–Kier alpha value is -3.21. The van der Waals surface area contributed by atoms with Gasteiger partial charge in [-0.2, -0.15) is 0 Å². The zero-order valence-electron chi connectivity index (χ0n) is 17.4. The minimum absolute atomic E-state index is 0.0107. The molecule has 1 fully saturated rings. The number of sulfonamides is 1. The van der Waals surface area contributed by atoms with Crippen molar-refractivity contribution in [1.82, 2.24) is 19.8 Å². The van der Waals surface area contributed by atoms with Crippen molar-refractivity contribution in [2.45, 2.75) is 20.0 Å². The van der Waals surface area contributed by atoms with Crippen molar-refractivity contribution in [2.75, 3.05) is 36.7 Å². The van der Waals surface area contributed by atoms with Crippen LogP contribution in [0.3, 0.4) is 0 Å². The molecule has 0 atom stereocenters. The molecule has 0 spiro atoms. The van der Waals surface area contributed by atoms with Gasteiger partial charge in [-0.05, 0) is 38.1 Å². The quantitative estimate of drug-likeness (QED) is 0.672. The van der Waals surface area contributed by atoms with Gasteiger partial charge in [0.1, 0.15) is 17.2 Å². The third-order valence-corrected chi connectivity index (χ3v) is 5.69. The summed E-state index contributed by atoms with van der Waals surface area (Å²) in [6, 6.07) is 6.48. The lowest BCUT2D eigenvalue weighted by molar-refractivity contribution is -0.129. The molecule has 1 saturated heterocycles. The van der Waals surface area contributed by atoms with Gasteiger partial charge in [0.15, 0.2) is 0 Å². The van der Waals surface area contributed by atoms with E-state index < -0.39 is 21.7 Å². The monoisotopic (exact) mass is 447 g/mol. The largest absolute Gasteiger partial charge is 0.491 e. The minimum atomic E-state index is -3.87. The number of aromatic nitrogens is 2. The molecule has 0 unspecified atom stereocenters. The predicted molar refractivity (Wildman–Crippen MR) is 114 cm³/mol. The van der Waals surface area contributed by atoms with E-state index in [9.17, 15) is 18.0 Å². The first-order valence-corrected chi connectivity index (χ1v) is 11.5. The first-order valence-electron chi connectivity index (χ1n) is 9.84. The summed E-state index contributed by atoms with van der Waals surface area (Å²) in [4.78, 5) is 35.8. The van der Waals surface area contributed by atoms with Crippen LogP contribution in [0.5, 0.6) is 5.75 Å². The van der Waals surface area contributed by atoms with Gasteiger partial charge in [0.05, 0.1) is 12.3 Å². The van der Waals surface area contributed by atoms with Gasteiger partial charge in [-0.25, -0.2) is 13.4 Å². The fourth-order valence-electron chi connectivity index (χ4n) is 3.07. The summed E-state index contributed by atoms with van der Waals surface area (Å²) in [5, 5.41) is 0. The zero-order chi connectivity index (χ0) is 22.4. The molecule has 1 aromatic carbocycles. The Morgan fingerprint density at radius 1 is 1.06 bits per heavy atom. The first-order chi connectivity index (χ1) is 14.7. The highest BCUT2D eigenvalue weighted by atomic mass is 32.2. The fraction of sp³-hybridized carbons (Fsp3) is 0.400.